The van der Waals surface area contributed by atoms with E-state index in [0.29, 0.717) is 5.02 Å². The number of carbonyl (C=O) groups excluding carboxylic acids is 1. The number of benzene rings is 1. The minimum absolute atomic E-state index is 0.0261. The molecule has 5 nitrogen and oxygen atoms in total. The largest absolute Gasteiger partial charge is 0.469 e. The fourth-order valence-corrected chi connectivity index (χ4v) is 2.94. The number of sulfonamides is 1. The molecule has 0 radical (unpaired) electrons. The summed E-state index contributed by atoms with van der Waals surface area (Å²) in [6.45, 7) is 2.09. The lowest BCUT2D eigenvalue weighted by molar-refractivity contribution is -0.140. The SMILES string of the molecule is CCN(CCC(=O)OC)S(=O)(=O)/C=C/c1ccc(Cl)cc1. The van der Waals surface area contributed by atoms with E-state index in [1.807, 2.05) is 0 Å². The van der Waals surface area contributed by atoms with Crippen molar-refractivity contribution in [3.63, 3.8) is 0 Å². The minimum Gasteiger partial charge on any atom is -0.469 e. The average molecular weight is 332 g/mol. The van der Waals surface area contributed by atoms with Crippen LogP contribution in [0.25, 0.3) is 6.08 Å². The van der Waals surface area contributed by atoms with Crippen LogP contribution in [0, 0.1) is 0 Å². The van der Waals surface area contributed by atoms with Gasteiger partial charge in [-0.25, -0.2) is 8.42 Å². The van der Waals surface area contributed by atoms with Crippen molar-refractivity contribution in [1.82, 2.24) is 4.31 Å². The summed E-state index contributed by atoms with van der Waals surface area (Å²) in [6, 6.07) is 6.81. The highest BCUT2D eigenvalue weighted by molar-refractivity contribution is 7.92. The van der Waals surface area contributed by atoms with Crippen molar-refractivity contribution in [3.8, 4) is 0 Å². The van der Waals surface area contributed by atoms with Gasteiger partial charge >= 0.3 is 5.97 Å². The Morgan fingerprint density at radius 2 is 1.95 bits per heavy atom. The van der Waals surface area contributed by atoms with Gasteiger partial charge in [-0.3, -0.25) is 4.79 Å². The van der Waals surface area contributed by atoms with Gasteiger partial charge in [-0.05, 0) is 23.8 Å². The summed E-state index contributed by atoms with van der Waals surface area (Å²) in [5, 5.41) is 1.71. The van der Waals surface area contributed by atoms with Gasteiger partial charge in [0.15, 0.2) is 0 Å². The maximum Gasteiger partial charge on any atom is 0.306 e. The van der Waals surface area contributed by atoms with Crippen LogP contribution in [0.15, 0.2) is 29.7 Å². The third-order valence-electron chi connectivity index (χ3n) is 2.81. The van der Waals surface area contributed by atoms with E-state index in [4.69, 9.17) is 11.6 Å². The normalized spacial score (nSPS) is 12.0. The van der Waals surface area contributed by atoms with Gasteiger partial charge in [0.05, 0.1) is 13.5 Å². The number of ether oxygens (including phenoxy) is 1. The van der Waals surface area contributed by atoms with E-state index in [0.717, 1.165) is 11.0 Å². The molecule has 21 heavy (non-hydrogen) atoms. The third kappa shape index (κ3) is 5.87. The molecule has 1 rings (SSSR count). The van der Waals surface area contributed by atoms with Crippen molar-refractivity contribution in [2.75, 3.05) is 20.2 Å². The van der Waals surface area contributed by atoms with Crippen LogP contribution in [0.3, 0.4) is 0 Å². The zero-order chi connectivity index (χ0) is 15.9. The van der Waals surface area contributed by atoms with Gasteiger partial charge in [-0.1, -0.05) is 30.7 Å². The Balaban J connectivity index is 2.77. The molecular formula is C14H18ClNO4S. The smallest absolute Gasteiger partial charge is 0.306 e. The van der Waals surface area contributed by atoms with Crippen molar-refractivity contribution >= 4 is 33.7 Å². The Kier molecular flexibility index (Phi) is 6.87. The highest BCUT2D eigenvalue weighted by Gasteiger charge is 2.18. The van der Waals surface area contributed by atoms with Gasteiger partial charge in [-0.2, -0.15) is 4.31 Å². The maximum absolute atomic E-state index is 12.2. The molecule has 0 aliphatic carbocycles. The minimum atomic E-state index is -3.57. The number of carbonyl (C=O) groups is 1. The average Bonchev–Trinajstić information content (AvgIpc) is 2.46. The molecule has 0 atom stereocenters. The molecule has 1 aromatic rings. The van der Waals surface area contributed by atoms with Crippen molar-refractivity contribution in [2.45, 2.75) is 13.3 Å². The van der Waals surface area contributed by atoms with Gasteiger partial charge in [-0.15, -0.1) is 0 Å². The number of halogens is 1. The summed E-state index contributed by atoms with van der Waals surface area (Å²) in [7, 11) is -2.30. The van der Waals surface area contributed by atoms with Crippen LogP contribution in [0.2, 0.25) is 5.02 Å². The molecule has 0 heterocycles. The van der Waals surface area contributed by atoms with Crippen LogP contribution in [0.1, 0.15) is 18.9 Å². The van der Waals surface area contributed by atoms with Gasteiger partial charge in [0, 0.05) is 23.5 Å². The summed E-state index contributed by atoms with van der Waals surface area (Å²) in [5.41, 5.74) is 0.729. The monoisotopic (exact) mass is 331 g/mol. The first-order chi connectivity index (χ1) is 9.89. The maximum atomic E-state index is 12.2. The Hall–Kier alpha value is -1.37. The number of nitrogens with zero attached hydrogens (tertiary/aromatic N) is 1. The van der Waals surface area contributed by atoms with Crippen LogP contribution >= 0.6 is 11.6 Å². The van der Waals surface area contributed by atoms with Gasteiger partial charge in [0.2, 0.25) is 10.0 Å². The zero-order valence-corrected chi connectivity index (χ0v) is 13.5. The Morgan fingerprint density at radius 3 is 2.48 bits per heavy atom. The summed E-state index contributed by atoms with van der Waals surface area (Å²) in [5.74, 6) is -0.440. The number of methoxy groups -OCH3 is 1. The van der Waals surface area contributed by atoms with E-state index in [-0.39, 0.29) is 19.5 Å². The van der Waals surface area contributed by atoms with Crippen LogP contribution in [-0.4, -0.2) is 38.9 Å². The van der Waals surface area contributed by atoms with E-state index in [1.165, 1.54) is 17.5 Å². The van der Waals surface area contributed by atoms with E-state index < -0.39 is 16.0 Å². The molecule has 0 aliphatic heterocycles. The summed E-state index contributed by atoms with van der Waals surface area (Å²) >= 11 is 5.76. The number of hydrogen-bond acceptors (Lipinski definition) is 4. The number of hydrogen-bond donors (Lipinski definition) is 0. The molecule has 0 saturated heterocycles. The van der Waals surface area contributed by atoms with Crippen LogP contribution in [0.5, 0.6) is 0 Å². The molecule has 0 aliphatic rings. The molecule has 0 bridgehead atoms. The zero-order valence-electron chi connectivity index (χ0n) is 12.0. The molecule has 0 fully saturated rings. The highest BCUT2D eigenvalue weighted by atomic mass is 35.5. The highest BCUT2D eigenvalue weighted by Crippen LogP contribution is 2.12. The van der Waals surface area contributed by atoms with Crippen molar-refractivity contribution in [2.24, 2.45) is 0 Å². The first kappa shape index (κ1) is 17.7. The van der Waals surface area contributed by atoms with E-state index in [1.54, 1.807) is 31.2 Å². The summed E-state index contributed by atoms with van der Waals surface area (Å²) in [4.78, 5) is 11.1. The molecule has 0 saturated carbocycles. The van der Waals surface area contributed by atoms with Crippen LogP contribution in [0.4, 0.5) is 0 Å². The molecular weight excluding hydrogens is 314 g/mol. The predicted molar refractivity (Wildman–Crippen MR) is 83.3 cm³/mol. The summed E-state index contributed by atoms with van der Waals surface area (Å²) in [6.07, 6.45) is 1.52. The second kappa shape index (κ2) is 8.17. The lowest BCUT2D eigenvalue weighted by Gasteiger charge is -2.17. The molecule has 1 aromatic carbocycles. The van der Waals surface area contributed by atoms with Crippen molar-refractivity contribution < 1.29 is 17.9 Å². The molecule has 0 unspecified atom stereocenters. The van der Waals surface area contributed by atoms with Crippen LogP contribution < -0.4 is 0 Å². The number of esters is 1. The predicted octanol–water partition coefficient (Wildman–Crippen LogP) is 2.53. The molecule has 0 aromatic heterocycles. The molecule has 116 valence electrons. The fourth-order valence-electron chi connectivity index (χ4n) is 1.61. The van der Waals surface area contributed by atoms with Crippen molar-refractivity contribution in [1.29, 1.82) is 0 Å². The lowest BCUT2D eigenvalue weighted by atomic mass is 10.2. The first-order valence-electron chi connectivity index (χ1n) is 6.39. The Labute approximate surface area is 130 Å². The number of rotatable bonds is 7. The quantitative estimate of drug-likeness (QED) is 0.720. The lowest BCUT2D eigenvalue weighted by Crippen LogP contribution is -2.31. The standard InChI is InChI=1S/C14H18ClNO4S/c1-3-16(10-8-14(17)20-2)21(18,19)11-9-12-4-6-13(15)7-5-12/h4-7,9,11H,3,8,10H2,1-2H3/b11-9+. The molecule has 0 spiro atoms. The Bertz CT molecular complexity index is 596. The topological polar surface area (TPSA) is 63.7 Å². The second-order valence-corrected chi connectivity index (χ2v) is 6.47. The first-order valence-corrected chi connectivity index (χ1v) is 8.27. The van der Waals surface area contributed by atoms with E-state index in [2.05, 4.69) is 4.74 Å². The summed E-state index contributed by atoms with van der Waals surface area (Å²) < 4.78 is 30.1. The van der Waals surface area contributed by atoms with Crippen molar-refractivity contribution in [3.05, 3.63) is 40.3 Å². The van der Waals surface area contributed by atoms with Gasteiger partial charge in [0.25, 0.3) is 0 Å². The van der Waals surface area contributed by atoms with Gasteiger partial charge in [0.1, 0.15) is 0 Å². The van der Waals surface area contributed by atoms with Crippen LogP contribution in [-0.2, 0) is 19.6 Å². The molecule has 7 heteroatoms. The third-order valence-corrected chi connectivity index (χ3v) is 4.70. The molecule has 0 amide bonds. The molecule has 0 N–H and O–H groups in total. The van der Waals surface area contributed by atoms with Gasteiger partial charge < -0.3 is 4.74 Å². The Morgan fingerprint density at radius 1 is 1.33 bits per heavy atom. The van der Waals surface area contributed by atoms with E-state index >= 15 is 0 Å². The fraction of sp³-hybridized carbons (Fsp3) is 0.357. The second-order valence-electron chi connectivity index (χ2n) is 4.22. The van der Waals surface area contributed by atoms with E-state index in [9.17, 15) is 13.2 Å².